The molecule has 1 aliphatic heterocycles. The zero-order valence-corrected chi connectivity index (χ0v) is 6.60. The molecule has 0 aliphatic carbocycles. The van der Waals surface area contributed by atoms with Gasteiger partial charge in [0.2, 0.25) is 0 Å². The first kappa shape index (κ1) is 8.76. The first-order valence-electron chi connectivity index (χ1n) is 3.32. The molecule has 1 rings (SSSR count). The van der Waals surface area contributed by atoms with Crippen LogP contribution < -0.4 is 5.73 Å². The number of nitrogens with zero attached hydrogens (tertiary/aromatic N) is 1. The molecule has 0 spiro atoms. The van der Waals surface area contributed by atoms with Gasteiger partial charge in [-0.15, -0.1) is 0 Å². The van der Waals surface area contributed by atoms with E-state index in [1.807, 2.05) is 0 Å². The molecule has 12 heavy (non-hydrogen) atoms. The topological polar surface area (TPSA) is 75.8 Å². The van der Waals surface area contributed by atoms with Crippen LogP contribution in [0.2, 0.25) is 0 Å². The Labute approximate surface area is 69.7 Å². The molecular weight excluding hydrogens is 160 g/mol. The number of hydrogen-bond donors (Lipinski definition) is 2. The molecule has 0 saturated heterocycles. The van der Waals surface area contributed by atoms with E-state index in [0.717, 1.165) is 0 Å². The Morgan fingerprint density at radius 3 is 2.42 bits per heavy atom. The zero-order valence-electron chi connectivity index (χ0n) is 6.60. The molecule has 0 aromatic heterocycles. The summed E-state index contributed by atoms with van der Waals surface area (Å²) in [5.74, 6) is -1.09. The second kappa shape index (κ2) is 2.96. The van der Waals surface area contributed by atoms with E-state index in [0.29, 0.717) is 0 Å². The van der Waals surface area contributed by atoms with E-state index < -0.39 is 11.5 Å². The highest BCUT2D eigenvalue weighted by atomic mass is 16.7. The van der Waals surface area contributed by atoms with Gasteiger partial charge in [0.1, 0.15) is 0 Å². The molecule has 0 amide bonds. The van der Waals surface area contributed by atoms with Gasteiger partial charge in [-0.3, -0.25) is 4.84 Å². The molecule has 1 heterocycles. The molecule has 0 saturated carbocycles. The summed E-state index contributed by atoms with van der Waals surface area (Å²) in [7, 11) is 1.47. The monoisotopic (exact) mass is 170 g/mol. The maximum atomic E-state index is 10.6. The van der Waals surface area contributed by atoms with Crippen LogP contribution in [0, 0.1) is 0 Å². The van der Waals surface area contributed by atoms with Gasteiger partial charge >= 0.3 is 5.97 Å². The summed E-state index contributed by atoms with van der Waals surface area (Å²) in [5, 5.41) is 10.0. The van der Waals surface area contributed by atoms with Gasteiger partial charge in [-0.2, -0.15) is 0 Å². The number of carbonyl (C=O) groups is 1. The Hall–Kier alpha value is -1.33. The van der Waals surface area contributed by atoms with E-state index in [1.165, 1.54) is 36.7 Å². The van der Waals surface area contributed by atoms with Crippen molar-refractivity contribution < 1.29 is 14.7 Å². The van der Waals surface area contributed by atoms with Crippen molar-refractivity contribution in [2.24, 2.45) is 5.73 Å². The molecule has 0 aromatic carbocycles. The Morgan fingerprint density at radius 2 is 2.08 bits per heavy atom. The van der Waals surface area contributed by atoms with Crippen LogP contribution in [0.5, 0.6) is 0 Å². The lowest BCUT2D eigenvalue weighted by Crippen LogP contribution is -2.46. The highest BCUT2D eigenvalue weighted by molar-refractivity contribution is 5.84. The fourth-order valence-electron chi connectivity index (χ4n) is 0.763. The van der Waals surface area contributed by atoms with Gasteiger partial charge in [0, 0.05) is 12.4 Å². The predicted octanol–water partition coefficient (Wildman–Crippen LogP) is -0.327. The van der Waals surface area contributed by atoms with Crippen LogP contribution in [0.1, 0.15) is 0 Å². The lowest BCUT2D eigenvalue weighted by Gasteiger charge is -2.23. The van der Waals surface area contributed by atoms with E-state index in [-0.39, 0.29) is 0 Å². The van der Waals surface area contributed by atoms with Crippen LogP contribution in [0.15, 0.2) is 24.6 Å². The van der Waals surface area contributed by atoms with Crippen molar-refractivity contribution in [1.29, 1.82) is 0 Å². The van der Waals surface area contributed by atoms with Gasteiger partial charge in [-0.1, -0.05) is 0 Å². The summed E-state index contributed by atoms with van der Waals surface area (Å²) in [6, 6.07) is 0. The SMILES string of the molecule is CON1C=CC(N)(C(=O)O)C=C1. The smallest absolute Gasteiger partial charge is 0.331 e. The van der Waals surface area contributed by atoms with Gasteiger partial charge < -0.3 is 10.8 Å². The van der Waals surface area contributed by atoms with E-state index in [2.05, 4.69) is 0 Å². The van der Waals surface area contributed by atoms with Gasteiger partial charge in [0.25, 0.3) is 0 Å². The molecule has 0 fully saturated rings. The van der Waals surface area contributed by atoms with Crippen LogP contribution in [0.25, 0.3) is 0 Å². The lowest BCUT2D eigenvalue weighted by atomic mass is 10.0. The molecule has 0 radical (unpaired) electrons. The van der Waals surface area contributed by atoms with Gasteiger partial charge in [0.15, 0.2) is 5.54 Å². The summed E-state index contributed by atoms with van der Waals surface area (Å²) in [5.41, 5.74) is 4.06. The minimum Gasteiger partial charge on any atom is -0.479 e. The van der Waals surface area contributed by atoms with Crippen LogP contribution in [0.4, 0.5) is 0 Å². The van der Waals surface area contributed by atoms with Crippen LogP contribution in [-0.4, -0.2) is 28.8 Å². The number of nitrogens with two attached hydrogens (primary N) is 1. The Kier molecular flexibility index (Phi) is 2.16. The van der Waals surface area contributed by atoms with Crippen molar-refractivity contribution in [3.8, 4) is 0 Å². The van der Waals surface area contributed by atoms with E-state index in [1.54, 1.807) is 0 Å². The third-order valence-corrected chi connectivity index (χ3v) is 1.58. The molecule has 0 unspecified atom stereocenters. The molecule has 66 valence electrons. The summed E-state index contributed by atoms with van der Waals surface area (Å²) in [6.07, 6.45) is 5.60. The average molecular weight is 170 g/mol. The normalized spacial score (nSPS) is 19.7. The standard InChI is InChI=1S/C7H10N2O3/c1-12-9-4-2-7(8,3-5-9)6(10)11/h2-5H,8H2,1H3,(H,10,11). The largest absolute Gasteiger partial charge is 0.479 e. The number of aliphatic carboxylic acids is 1. The van der Waals surface area contributed by atoms with E-state index in [9.17, 15) is 4.79 Å². The Bertz CT molecular complexity index is 233. The summed E-state index contributed by atoms with van der Waals surface area (Å²) >= 11 is 0. The quantitative estimate of drug-likeness (QED) is 0.593. The summed E-state index contributed by atoms with van der Waals surface area (Å²) in [4.78, 5) is 15.4. The van der Waals surface area contributed by atoms with Crippen molar-refractivity contribution in [2.45, 2.75) is 5.54 Å². The molecular formula is C7H10N2O3. The lowest BCUT2D eigenvalue weighted by molar-refractivity contribution is -0.140. The molecule has 5 heteroatoms. The third-order valence-electron chi connectivity index (χ3n) is 1.58. The van der Waals surface area contributed by atoms with Crippen LogP contribution in [0.3, 0.4) is 0 Å². The van der Waals surface area contributed by atoms with Crippen molar-refractivity contribution in [1.82, 2.24) is 5.06 Å². The van der Waals surface area contributed by atoms with Crippen molar-refractivity contribution in [2.75, 3.05) is 7.11 Å². The average Bonchev–Trinajstić information content (AvgIpc) is 2.06. The maximum absolute atomic E-state index is 10.6. The number of carboxylic acids is 1. The maximum Gasteiger partial charge on any atom is 0.331 e. The Balaban J connectivity index is 2.78. The fourth-order valence-corrected chi connectivity index (χ4v) is 0.763. The second-order valence-corrected chi connectivity index (χ2v) is 2.41. The van der Waals surface area contributed by atoms with Crippen molar-refractivity contribution >= 4 is 5.97 Å². The molecule has 0 atom stereocenters. The molecule has 3 N–H and O–H groups in total. The van der Waals surface area contributed by atoms with Crippen molar-refractivity contribution in [3.63, 3.8) is 0 Å². The fraction of sp³-hybridized carbons (Fsp3) is 0.286. The third kappa shape index (κ3) is 1.46. The summed E-state index contributed by atoms with van der Waals surface area (Å²) in [6.45, 7) is 0. The Morgan fingerprint density at radius 1 is 1.58 bits per heavy atom. The van der Waals surface area contributed by atoms with E-state index >= 15 is 0 Å². The second-order valence-electron chi connectivity index (χ2n) is 2.41. The minimum atomic E-state index is -1.41. The van der Waals surface area contributed by atoms with Crippen LogP contribution >= 0.6 is 0 Å². The van der Waals surface area contributed by atoms with Crippen molar-refractivity contribution in [3.05, 3.63) is 24.6 Å². The van der Waals surface area contributed by atoms with Crippen LogP contribution in [-0.2, 0) is 9.63 Å². The number of hydrogen-bond acceptors (Lipinski definition) is 4. The molecule has 1 aliphatic rings. The minimum absolute atomic E-state index is 1.09. The number of hydroxylamine groups is 2. The van der Waals surface area contributed by atoms with Gasteiger partial charge in [-0.05, 0) is 12.2 Å². The molecule has 5 nitrogen and oxygen atoms in total. The van der Waals surface area contributed by atoms with E-state index in [4.69, 9.17) is 15.7 Å². The highest BCUT2D eigenvalue weighted by Crippen LogP contribution is 2.12. The van der Waals surface area contributed by atoms with Gasteiger partial charge in [-0.25, -0.2) is 9.86 Å². The summed E-state index contributed by atoms with van der Waals surface area (Å²) < 4.78 is 0. The molecule has 0 aromatic rings. The highest BCUT2D eigenvalue weighted by Gasteiger charge is 2.29. The number of rotatable bonds is 2. The molecule has 0 bridgehead atoms. The first-order chi connectivity index (χ1) is 5.58. The zero-order chi connectivity index (χ0) is 9.19. The number of carboxylic acid groups (broad SMARTS) is 1. The van der Waals surface area contributed by atoms with Gasteiger partial charge in [0.05, 0.1) is 7.11 Å². The first-order valence-corrected chi connectivity index (χ1v) is 3.32. The predicted molar refractivity (Wildman–Crippen MR) is 41.7 cm³/mol.